The quantitative estimate of drug-likeness (QED) is 0.520. The highest BCUT2D eigenvalue weighted by molar-refractivity contribution is 5.88. The van der Waals surface area contributed by atoms with Gasteiger partial charge in [-0.25, -0.2) is 0 Å². The molecule has 0 aromatic heterocycles. The lowest BCUT2D eigenvalue weighted by Crippen LogP contribution is -2.56. The van der Waals surface area contributed by atoms with E-state index in [1.165, 1.54) is 12.8 Å². The summed E-state index contributed by atoms with van der Waals surface area (Å²) in [6, 6.07) is 0. The second-order valence-corrected chi connectivity index (χ2v) is 10.4. The molecule has 4 heteroatoms. The van der Waals surface area contributed by atoms with E-state index in [0.717, 1.165) is 57.9 Å². The summed E-state index contributed by atoms with van der Waals surface area (Å²) in [6.07, 6.45) is 14.9. The molecule has 0 aliphatic heterocycles. The van der Waals surface area contributed by atoms with Gasteiger partial charge < -0.3 is 5.73 Å². The minimum absolute atomic E-state index is 0. The maximum atomic E-state index is 13.3. The Morgan fingerprint density at radius 3 is 2.64 bits per heavy atom. The molecule has 4 aliphatic rings. The van der Waals surface area contributed by atoms with E-state index in [1.807, 2.05) is 0 Å². The maximum Gasteiger partial charge on any atom is 0.139 e. The monoisotopic (exact) mass is 407 g/mol. The Kier molecular flexibility index (Phi) is 6.47. The van der Waals surface area contributed by atoms with Crippen molar-refractivity contribution in [2.75, 3.05) is 6.54 Å². The number of hydrogen-bond donors (Lipinski definition) is 1. The van der Waals surface area contributed by atoms with Gasteiger partial charge in [-0.1, -0.05) is 26.0 Å². The summed E-state index contributed by atoms with van der Waals surface area (Å²) in [5.41, 5.74) is 5.62. The summed E-state index contributed by atoms with van der Waals surface area (Å²) in [6.45, 7) is 5.37. The zero-order chi connectivity index (χ0) is 19.2. The van der Waals surface area contributed by atoms with Crippen LogP contribution >= 0.6 is 12.4 Å². The molecule has 4 rings (SSSR count). The van der Waals surface area contributed by atoms with Gasteiger partial charge in [0.25, 0.3) is 0 Å². The van der Waals surface area contributed by atoms with Gasteiger partial charge in [-0.2, -0.15) is 0 Å². The standard InChI is InChI=1S/C24H37NO2.ClH/c1-23-11-9-16(6-4-3-5-13-25)14-20(23)21(26)15-17-18-7-8-22(27)24(18,2)12-10-19(17)23;/h4,6,16-20H,3,5,7-15,25H2,1-2H3;1H/b6-4+;/t16-,17-,18-,19-,20?,23+,24-;/m0./s1. The fourth-order valence-corrected chi connectivity index (χ4v) is 7.54. The first kappa shape index (κ1) is 22.0. The number of carbonyl (C=O) groups excluding carboxylic acids is 2. The summed E-state index contributed by atoms with van der Waals surface area (Å²) in [5, 5.41) is 0. The molecule has 28 heavy (non-hydrogen) atoms. The molecule has 0 spiro atoms. The van der Waals surface area contributed by atoms with Crippen molar-refractivity contribution in [2.45, 2.75) is 78.1 Å². The van der Waals surface area contributed by atoms with Crippen LogP contribution in [-0.2, 0) is 9.59 Å². The number of fused-ring (bicyclic) bond motifs is 5. The van der Waals surface area contributed by atoms with Gasteiger partial charge in [0.05, 0.1) is 0 Å². The molecule has 3 nitrogen and oxygen atoms in total. The van der Waals surface area contributed by atoms with Gasteiger partial charge >= 0.3 is 0 Å². The number of carbonyl (C=O) groups is 2. The number of nitrogens with two attached hydrogens (primary N) is 1. The van der Waals surface area contributed by atoms with Crippen molar-refractivity contribution in [1.82, 2.24) is 0 Å². The lowest BCUT2D eigenvalue weighted by Gasteiger charge is -2.59. The first-order valence-corrected chi connectivity index (χ1v) is 11.3. The number of unbranched alkanes of at least 4 members (excludes halogenated alkanes) is 1. The van der Waals surface area contributed by atoms with E-state index in [1.54, 1.807) is 0 Å². The third kappa shape index (κ3) is 3.41. The van der Waals surface area contributed by atoms with Gasteiger partial charge in [-0.05, 0) is 87.0 Å². The first-order chi connectivity index (χ1) is 12.9. The van der Waals surface area contributed by atoms with E-state index >= 15 is 0 Å². The first-order valence-electron chi connectivity index (χ1n) is 11.3. The van der Waals surface area contributed by atoms with E-state index in [2.05, 4.69) is 26.0 Å². The average Bonchev–Trinajstić information content (AvgIpc) is 2.95. The number of Topliss-reactive ketones (excluding diaryl/α,β-unsaturated/α-hetero) is 2. The minimum Gasteiger partial charge on any atom is -0.330 e. The van der Waals surface area contributed by atoms with Crippen molar-refractivity contribution in [3.8, 4) is 0 Å². The van der Waals surface area contributed by atoms with Crippen LogP contribution in [-0.4, -0.2) is 18.1 Å². The van der Waals surface area contributed by atoms with E-state index in [4.69, 9.17) is 5.73 Å². The third-order valence-electron chi connectivity index (χ3n) is 9.19. The molecule has 4 aliphatic carbocycles. The Morgan fingerprint density at radius 2 is 1.89 bits per heavy atom. The Morgan fingerprint density at radius 1 is 1.11 bits per heavy atom. The highest BCUT2D eigenvalue weighted by Gasteiger charge is 2.62. The largest absolute Gasteiger partial charge is 0.330 e. The molecule has 0 aromatic rings. The van der Waals surface area contributed by atoms with Crippen molar-refractivity contribution < 1.29 is 9.59 Å². The van der Waals surface area contributed by atoms with E-state index < -0.39 is 0 Å². The molecule has 0 saturated heterocycles. The molecular weight excluding hydrogens is 370 g/mol. The molecule has 7 atom stereocenters. The number of hydrogen-bond acceptors (Lipinski definition) is 3. The van der Waals surface area contributed by atoms with Gasteiger partial charge in [0.2, 0.25) is 0 Å². The van der Waals surface area contributed by atoms with Crippen molar-refractivity contribution >= 4 is 24.0 Å². The van der Waals surface area contributed by atoms with Gasteiger partial charge in [0.1, 0.15) is 11.6 Å². The fourth-order valence-electron chi connectivity index (χ4n) is 7.54. The highest BCUT2D eigenvalue weighted by Crippen LogP contribution is 2.65. The molecule has 4 fully saturated rings. The van der Waals surface area contributed by atoms with Crippen LogP contribution in [0.25, 0.3) is 0 Å². The highest BCUT2D eigenvalue weighted by atomic mass is 35.5. The van der Waals surface area contributed by atoms with Crippen LogP contribution < -0.4 is 5.73 Å². The van der Waals surface area contributed by atoms with Crippen LogP contribution in [0, 0.1) is 40.4 Å². The minimum atomic E-state index is -0.131. The third-order valence-corrected chi connectivity index (χ3v) is 9.19. The summed E-state index contributed by atoms with van der Waals surface area (Å²) in [4.78, 5) is 25.8. The Labute approximate surface area is 176 Å². The topological polar surface area (TPSA) is 60.2 Å². The molecule has 0 aromatic carbocycles. The molecule has 0 heterocycles. The van der Waals surface area contributed by atoms with Crippen LogP contribution in [0.1, 0.15) is 78.1 Å². The van der Waals surface area contributed by atoms with Gasteiger partial charge in [-0.15, -0.1) is 12.4 Å². The fraction of sp³-hybridized carbons (Fsp3) is 0.833. The van der Waals surface area contributed by atoms with Crippen molar-refractivity contribution in [3.05, 3.63) is 12.2 Å². The molecule has 2 N–H and O–H groups in total. The molecule has 0 bridgehead atoms. The molecule has 0 amide bonds. The Balaban J connectivity index is 0.00000225. The van der Waals surface area contributed by atoms with E-state index in [9.17, 15) is 9.59 Å². The molecular formula is C24H38ClNO2. The number of allylic oxidation sites excluding steroid dienone is 2. The van der Waals surface area contributed by atoms with Crippen molar-refractivity contribution in [2.24, 2.45) is 46.2 Å². The Bertz CT molecular complexity index is 647. The molecule has 0 radical (unpaired) electrons. The van der Waals surface area contributed by atoms with Gasteiger partial charge in [-0.3, -0.25) is 9.59 Å². The summed E-state index contributed by atoms with van der Waals surface area (Å²) in [7, 11) is 0. The van der Waals surface area contributed by atoms with Crippen LogP contribution in [0.5, 0.6) is 0 Å². The van der Waals surface area contributed by atoms with Crippen LogP contribution in [0.2, 0.25) is 0 Å². The second-order valence-electron chi connectivity index (χ2n) is 10.4. The molecule has 158 valence electrons. The molecule has 4 saturated carbocycles. The van der Waals surface area contributed by atoms with Crippen LogP contribution in [0.3, 0.4) is 0 Å². The zero-order valence-electron chi connectivity index (χ0n) is 17.6. The number of halogens is 1. The predicted molar refractivity (Wildman–Crippen MR) is 115 cm³/mol. The average molecular weight is 408 g/mol. The van der Waals surface area contributed by atoms with Crippen LogP contribution in [0.4, 0.5) is 0 Å². The number of ketones is 2. The smallest absolute Gasteiger partial charge is 0.139 e. The predicted octanol–water partition coefficient (Wildman–Crippen LogP) is 5.11. The molecule has 1 unspecified atom stereocenters. The Hall–Kier alpha value is -0.670. The van der Waals surface area contributed by atoms with Gasteiger partial charge in [0, 0.05) is 24.2 Å². The maximum absolute atomic E-state index is 13.3. The number of rotatable bonds is 4. The normalized spacial score (nSPS) is 45.3. The summed E-state index contributed by atoms with van der Waals surface area (Å²) >= 11 is 0. The second kappa shape index (κ2) is 8.22. The van der Waals surface area contributed by atoms with Crippen LogP contribution in [0.15, 0.2) is 12.2 Å². The summed E-state index contributed by atoms with van der Waals surface area (Å²) < 4.78 is 0. The summed E-state index contributed by atoms with van der Waals surface area (Å²) in [5.74, 6) is 3.33. The zero-order valence-corrected chi connectivity index (χ0v) is 18.4. The van der Waals surface area contributed by atoms with Crippen molar-refractivity contribution in [1.29, 1.82) is 0 Å². The van der Waals surface area contributed by atoms with Crippen molar-refractivity contribution in [3.63, 3.8) is 0 Å². The van der Waals surface area contributed by atoms with Gasteiger partial charge in [0.15, 0.2) is 0 Å². The van der Waals surface area contributed by atoms with E-state index in [-0.39, 0.29) is 29.2 Å². The lowest BCUT2D eigenvalue weighted by molar-refractivity contribution is -0.157. The SMILES string of the molecule is C[C@]12CC[C@H](/C=C/CCCN)CC1C(=O)C[C@@H]1[C@@H]2CC[C@]2(C)C(=O)CC[C@@H]12.Cl. The lowest BCUT2D eigenvalue weighted by atomic mass is 9.44. The van der Waals surface area contributed by atoms with E-state index in [0.29, 0.717) is 35.2 Å².